The number of sulfonamides is 1. The van der Waals surface area contributed by atoms with Gasteiger partial charge in [0.25, 0.3) is 5.56 Å². The van der Waals surface area contributed by atoms with Crippen LogP contribution in [0.1, 0.15) is 30.7 Å². The number of aryl methyl sites for hydroxylation is 1. The zero-order chi connectivity index (χ0) is 20.9. The van der Waals surface area contributed by atoms with E-state index < -0.39 is 15.6 Å². The highest BCUT2D eigenvalue weighted by Crippen LogP contribution is 2.18. The minimum Gasteiger partial charge on any atom is -0.492 e. The first kappa shape index (κ1) is 21.6. The summed E-state index contributed by atoms with van der Waals surface area (Å²) >= 11 is 0. The normalized spacial score (nSPS) is 11.4. The summed E-state index contributed by atoms with van der Waals surface area (Å²) in [6.07, 6.45) is 1.20. The molecule has 0 N–H and O–H groups in total. The quantitative estimate of drug-likeness (QED) is 0.661. The van der Waals surface area contributed by atoms with Crippen molar-refractivity contribution in [3.05, 3.63) is 51.4 Å². The van der Waals surface area contributed by atoms with Gasteiger partial charge in [-0.2, -0.15) is 10.4 Å². The smallest absolute Gasteiger partial charge is 0.285 e. The average molecular weight is 404 g/mol. The van der Waals surface area contributed by atoms with Crippen molar-refractivity contribution in [2.75, 3.05) is 20.7 Å². The van der Waals surface area contributed by atoms with Gasteiger partial charge in [-0.15, -0.1) is 0 Å². The second-order valence-corrected chi connectivity index (χ2v) is 8.41. The number of hydrogen-bond acceptors (Lipinski definition) is 6. The molecule has 0 amide bonds. The molecule has 0 unspecified atom stereocenters. The Balaban J connectivity index is 2.14. The van der Waals surface area contributed by atoms with Crippen LogP contribution in [-0.4, -0.2) is 43.2 Å². The van der Waals surface area contributed by atoms with E-state index in [9.17, 15) is 18.5 Å². The molecule has 28 heavy (non-hydrogen) atoms. The van der Waals surface area contributed by atoms with E-state index in [1.807, 2.05) is 19.9 Å². The molecule has 0 fully saturated rings. The van der Waals surface area contributed by atoms with E-state index in [0.717, 1.165) is 10.00 Å². The molecule has 0 saturated heterocycles. The maximum Gasteiger partial charge on any atom is 0.285 e. The molecule has 0 atom stereocenters. The number of nitrogens with zero attached hydrogens (tertiary/aromatic N) is 4. The van der Waals surface area contributed by atoms with Crippen molar-refractivity contribution in [2.45, 2.75) is 38.1 Å². The Morgan fingerprint density at radius 3 is 2.32 bits per heavy atom. The van der Waals surface area contributed by atoms with Crippen LogP contribution in [0.2, 0.25) is 0 Å². The van der Waals surface area contributed by atoms with Crippen LogP contribution in [0.3, 0.4) is 0 Å². The van der Waals surface area contributed by atoms with E-state index in [-0.39, 0.29) is 23.6 Å². The number of rotatable bonds is 8. The third-order valence-corrected chi connectivity index (χ3v) is 6.14. The van der Waals surface area contributed by atoms with Crippen LogP contribution in [0.4, 0.5) is 0 Å². The Kier molecular flexibility index (Phi) is 6.94. The molecule has 0 aliphatic carbocycles. The second-order valence-electron chi connectivity index (χ2n) is 6.25. The average Bonchev–Trinajstić information content (AvgIpc) is 2.68. The van der Waals surface area contributed by atoms with Gasteiger partial charge in [-0.3, -0.25) is 4.79 Å². The predicted molar refractivity (Wildman–Crippen MR) is 105 cm³/mol. The van der Waals surface area contributed by atoms with Gasteiger partial charge in [0.15, 0.2) is 0 Å². The highest BCUT2D eigenvalue weighted by atomic mass is 32.2. The summed E-state index contributed by atoms with van der Waals surface area (Å²) in [6, 6.07) is 8.05. The van der Waals surface area contributed by atoms with Crippen molar-refractivity contribution < 1.29 is 13.2 Å². The van der Waals surface area contributed by atoms with Crippen molar-refractivity contribution in [3.8, 4) is 11.8 Å². The molecule has 1 aromatic carbocycles. The molecule has 0 aliphatic heterocycles. The summed E-state index contributed by atoms with van der Waals surface area (Å²) in [6.45, 7) is 4.16. The lowest BCUT2D eigenvalue weighted by atomic mass is 10.0. The fourth-order valence-electron chi connectivity index (χ4n) is 2.75. The van der Waals surface area contributed by atoms with Gasteiger partial charge >= 0.3 is 0 Å². The van der Waals surface area contributed by atoms with Crippen LogP contribution in [0.5, 0.6) is 5.75 Å². The molecule has 2 rings (SSSR count). The zero-order valence-corrected chi connectivity index (χ0v) is 17.3. The third-order valence-electron chi connectivity index (χ3n) is 4.31. The first-order valence-corrected chi connectivity index (χ1v) is 10.4. The maximum absolute atomic E-state index is 12.5. The van der Waals surface area contributed by atoms with Gasteiger partial charge in [0.1, 0.15) is 24.0 Å². The molecule has 0 spiro atoms. The minimum absolute atomic E-state index is 0.132. The number of hydrogen-bond donors (Lipinski definition) is 0. The van der Waals surface area contributed by atoms with Gasteiger partial charge in [0.05, 0.1) is 17.1 Å². The highest BCUT2D eigenvalue weighted by Gasteiger charge is 2.17. The minimum atomic E-state index is -3.49. The third kappa shape index (κ3) is 4.40. The van der Waals surface area contributed by atoms with E-state index >= 15 is 0 Å². The van der Waals surface area contributed by atoms with Crippen LogP contribution in [0.25, 0.3) is 0 Å². The van der Waals surface area contributed by atoms with Gasteiger partial charge in [-0.1, -0.05) is 13.8 Å². The topological polar surface area (TPSA) is 105 Å². The van der Waals surface area contributed by atoms with Crippen LogP contribution in [0.15, 0.2) is 34.0 Å². The zero-order valence-electron chi connectivity index (χ0n) is 16.5. The highest BCUT2D eigenvalue weighted by molar-refractivity contribution is 7.89. The summed E-state index contributed by atoms with van der Waals surface area (Å²) in [4.78, 5) is 12.6. The van der Waals surface area contributed by atoms with Crippen LogP contribution < -0.4 is 10.3 Å². The van der Waals surface area contributed by atoms with Crippen molar-refractivity contribution in [1.82, 2.24) is 14.1 Å². The van der Waals surface area contributed by atoms with Gasteiger partial charge in [-0.05, 0) is 42.7 Å². The van der Waals surface area contributed by atoms with Crippen LogP contribution in [-0.2, 0) is 29.4 Å². The summed E-state index contributed by atoms with van der Waals surface area (Å²) in [7, 11) is -0.560. The number of benzene rings is 1. The SMILES string of the molecule is CCc1nn(CCOc2ccc(S(=O)(=O)N(C)C)cc2)c(=O)c(C#N)c1CC. The number of aromatic nitrogens is 2. The molecule has 2 aromatic rings. The summed E-state index contributed by atoms with van der Waals surface area (Å²) in [5.74, 6) is 0.479. The van der Waals surface area contributed by atoms with Crippen LogP contribution >= 0.6 is 0 Å². The van der Waals surface area contributed by atoms with E-state index in [2.05, 4.69) is 5.10 Å². The number of nitriles is 1. The van der Waals surface area contributed by atoms with Gasteiger partial charge in [-0.25, -0.2) is 17.4 Å². The Morgan fingerprint density at radius 2 is 1.82 bits per heavy atom. The van der Waals surface area contributed by atoms with Crippen LogP contribution in [0, 0.1) is 11.3 Å². The second kappa shape index (κ2) is 8.99. The van der Waals surface area contributed by atoms with Crippen molar-refractivity contribution in [2.24, 2.45) is 0 Å². The lowest BCUT2D eigenvalue weighted by Crippen LogP contribution is -2.30. The van der Waals surface area contributed by atoms with Crippen molar-refractivity contribution in [3.63, 3.8) is 0 Å². The summed E-state index contributed by atoms with van der Waals surface area (Å²) in [5.41, 5.74) is 1.14. The van der Waals surface area contributed by atoms with Gasteiger partial charge < -0.3 is 4.74 Å². The van der Waals surface area contributed by atoms with E-state index in [1.54, 1.807) is 12.1 Å². The molecule has 1 heterocycles. The maximum atomic E-state index is 12.5. The lowest BCUT2D eigenvalue weighted by molar-refractivity contribution is 0.286. The number of ether oxygens (including phenoxy) is 1. The molecule has 9 heteroatoms. The van der Waals surface area contributed by atoms with E-state index in [1.165, 1.54) is 30.9 Å². The lowest BCUT2D eigenvalue weighted by Gasteiger charge is -2.13. The Hall–Kier alpha value is -2.70. The largest absolute Gasteiger partial charge is 0.492 e. The standard InChI is InChI=1S/C19H24N4O4S/c1-5-16-17(13-20)19(24)23(21-18(16)6-2)11-12-27-14-7-9-15(10-8-14)28(25,26)22(3)4/h7-10H,5-6,11-12H2,1-4H3. The van der Waals surface area contributed by atoms with Gasteiger partial charge in [0.2, 0.25) is 10.0 Å². The molecular formula is C19H24N4O4S. The fraction of sp³-hybridized carbons (Fsp3) is 0.421. The van der Waals surface area contributed by atoms with Crippen molar-refractivity contribution >= 4 is 10.0 Å². The molecule has 0 saturated carbocycles. The molecule has 1 aromatic heterocycles. The summed E-state index contributed by atoms with van der Waals surface area (Å²) in [5, 5.41) is 13.7. The molecule has 150 valence electrons. The van der Waals surface area contributed by atoms with Gasteiger partial charge in [0, 0.05) is 14.1 Å². The summed E-state index contributed by atoms with van der Waals surface area (Å²) < 4.78 is 32.1. The monoisotopic (exact) mass is 404 g/mol. The molecule has 0 bridgehead atoms. The molecule has 8 nitrogen and oxygen atoms in total. The van der Waals surface area contributed by atoms with E-state index in [0.29, 0.717) is 24.2 Å². The molecular weight excluding hydrogens is 380 g/mol. The van der Waals surface area contributed by atoms with Crippen molar-refractivity contribution in [1.29, 1.82) is 5.26 Å². The first-order valence-electron chi connectivity index (χ1n) is 8.94. The first-order chi connectivity index (χ1) is 13.3. The Labute approximate surface area is 165 Å². The molecule has 0 aliphatic rings. The molecule has 0 radical (unpaired) electrons. The van der Waals surface area contributed by atoms with E-state index in [4.69, 9.17) is 4.74 Å². The Bertz CT molecular complexity index is 1040. The predicted octanol–water partition coefficient (Wildman–Crippen LogP) is 1.57. The Morgan fingerprint density at radius 1 is 1.18 bits per heavy atom. The fourth-order valence-corrected chi connectivity index (χ4v) is 3.66.